The van der Waals surface area contributed by atoms with Gasteiger partial charge < -0.3 is 16.2 Å². The maximum atomic E-state index is 12.0. The van der Waals surface area contributed by atoms with E-state index in [2.05, 4.69) is 10.3 Å². The molecule has 0 aliphatic heterocycles. The molecular formula is C14H15N3O2S. The van der Waals surface area contributed by atoms with Crippen molar-refractivity contribution in [2.45, 2.75) is 25.0 Å². The van der Waals surface area contributed by atoms with Crippen LogP contribution in [-0.4, -0.2) is 22.1 Å². The molecule has 104 valence electrons. The Morgan fingerprint density at radius 1 is 1.50 bits per heavy atom. The minimum atomic E-state index is -0.572. The number of aromatic nitrogens is 1. The number of nitrogen functional groups attached to an aromatic ring is 1. The largest absolute Gasteiger partial charge is 0.390 e. The average Bonchev–Trinajstić information content (AvgIpc) is 2.94. The van der Waals surface area contributed by atoms with Crippen molar-refractivity contribution in [3.05, 3.63) is 46.5 Å². The van der Waals surface area contributed by atoms with Gasteiger partial charge in [0.15, 0.2) is 5.13 Å². The SMILES string of the molecule is Nc1nc(CC(=O)N[C@H]2c3ccccc3C[C@H]2O)cs1. The van der Waals surface area contributed by atoms with E-state index in [1.807, 2.05) is 24.3 Å². The van der Waals surface area contributed by atoms with E-state index in [1.54, 1.807) is 5.38 Å². The first kappa shape index (κ1) is 13.1. The number of anilines is 1. The van der Waals surface area contributed by atoms with Crippen LogP contribution in [0.15, 0.2) is 29.6 Å². The van der Waals surface area contributed by atoms with Gasteiger partial charge in [0.2, 0.25) is 5.91 Å². The summed E-state index contributed by atoms with van der Waals surface area (Å²) in [4.78, 5) is 16.1. The first-order valence-corrected chi connectivity index (χ1v) is 7.26. The number of benzene rings is 1. The first-order valence-electron chi connectivity index (χ1n) is 6.38. The number of hydrogen-bond donors (Lipinski definition) is 3. The number of carbonyl (C=O) groups excluding carboxylic acids is 1. The molecule has 0 bridgehead atoms. The smallest absolute Gasteiger partial charge is 0.226 e. The van der Waals surface area contributed by atoms with Gasteiger partial charge in [-0.3, -0.25) is 4.79 Å². The molecule has 0 unspecified atom stereocenters. The minimum absolute atomic E-state index is 0.156. The third kappa shape index (κ3) is 2.52. The van der Waals surface area contributed by atoms with Crippen molar-refractivity contribution in [3.63, 3.8) is 0 Å². The van der Waals surface area contributed by atoms with Gasteiger partial charge in [-0.05, 0) is 11.1 Å². The number of aliphatic hydroxyl groups excluding tert-OH is 1. The molecule has 0 fully saturated rings. The summed E-state index contributed by atoms with van der Waals surface area (Å²) < 4.78 is 0. The van der Waals surface area contributed by atoms with Crippen LogP contribution in [0.25, 0.3) is 0 Å². The summed E-state index contributed by atoms with van der Waals surface area (Å²) in [6, 6.07) is 7.43. The Bertz CT molecular complexity index is 641. The highest BCUT2D eigenvalue weighted by Gasteiger charge is 2.31. The van der Waals surface area contributed by atoms with Crippen molar-refractivity contribution in [2.75, 3.05) is 5.73 Å². The Kier molecular flexibility index (Phi) is 3.42. The van der Waals surface area contributed by atoms with Gasteiger partial charge in [-0.25, -0.2) is 4.98 Å². The van der Waals surface area contributed by atoms with Crippen LogP contribution in [0.1, 0.15) is 22.9 Å². The molecule has 1 aliphatic carbocycles. The lowest BCUT2D eigenvalue weighted by molar-refractivity contribution is -0.122. The van der Waals surface area contributed by atoms with Crippen molar-refractivity contribution in [1.29, 1.82) is 0 Å². The van der Waals surface area contributed by atoms with Crippen molar-refractivity contribution >= 4 is 22.4 Å². The van der Waals surface area contributed by atoms with E-state index in [1.165, 1.54) is 11.3 Å². The van der Waals surface area contributed by atoms with Crippen LogP contribution in [0.4, 0.5) is 5.13 Å². The van der Waals surface area contributed by atoms with Gasteiger partial charge >= 0.3 is 0 Å². The minimum Gasteiger partial charge on any atom is -0.390 e. The lowest BCUT2D eigenvalue weighted by Gasteiger charge is -2.17. The fourth-order valence-electron chi connectivity index (χ4n) is 2.54. The Hall–Kier alpha value is -1.92. The van der Waals surface area contributed by atoms with Crippen LogP contribution < -0.4 is 11.1 Å². The normalized spacial score (nSPS) is 20.6. The lowest BCUT2D eigenvalue weighted by atomic mass is 10.1. The summed E-state index contributed by atoms with van der Waals surface area (Å²) in [6.07, 6.45) is 0.181. The number of nitrogens with one attached hydrogen (secondary N) is 1. The molecule has 6 heteroatoms. The summed E-state index contributed by atoms with van der Waals surface area (Å²) in [5.74, 6) is -0.156. The van der Waals surface area contributed by atoms with Crippen molar-refractivity contribution < 1.29 is 9.90 Å². The summed E-state index contributed by atoms with van der Waals surface area (Å²) >= 11 is 1.32. The molecule has 20 heavy (non-hydrogen) atoms. The molecule has 2 atom stereocenters. The lowest BCUT2D eigenvalue weighted by Crippen LogP contribution is -2.34. The second-order valence-corrected chi connectivity index (χ2v) is 5.76. The van der Waals surface area contributed by atoms with Crippen LogP contribution in [0, 0.1) is 0 Å². The van der Waals surface area contributed by atoms with Gasteiger partial charge in [-0.1, -0.05) is 24.3 Å². The van der Waals surface area contributed by atoms with Crippen molar-refractivity contribution in [1.82, 2.24) is 10.3 Å². The van der Waals surface area contributed by atoms with E-state index >= 15 is 0 Å². The predicted molar refractivity (Wildman–Crippen MR) is 77.3 cm³/mol. The number of carbonyl (C=O) groups is 1. The molecule has 1 heterocycles. The second kappa shape index (κ2) is 5.22. The number of hydrogen-bond acceptors (Lipinski definition) is 5. The van der Waals surface area contributed by atoms with Gasteiger partial charge in [0, 0.05) is 11.8 Å². The zero-order valence-electron chi connectivity index (χ0n) is 10.7. The Morgan fingerprint density at radius 2 is 2.30 bits per heavy atom. The number of fused-ring (bicyclic) bond motifs is 1. The zero-order chi connectivity index (χ0) is 14.1. The molecule has 1 aliphatic rings. The van der Waals surface area contributed by atoms with Crippen molar-refractivity contribution in [2.24, 2.45) is 0 Å². The van der Waals surface area contributed by atoms with Gasteiger partial charge in [0.05, 0.1) is 24.3 Å². The maximum absolute atomic E-state index is 12.0. The molecule has 0 saturated heterocycles. The van der Waals surface area contributed by atoms with E-state index in [4.69, 9.17) is 5.73 Å². The Morgan fingerprint density at radius 3 is 3.05 bits per heavy atom. The fraction of sp³-hybridized carbons (Fsp3) is 0.286. The summed E-state index contributed by atoms with van der Waals surface area (Å²) in [5.41, 5.74) is 8.28. The standard InChI is InChI=1S/C14H15N3O2S/c15-14-16-9(7-20-14)6-12(19)17-13-10-4-2-1-3-8(10)5-11(13)18/h1-4,7,11,13,18H,5-6H2,(H2,15,16)(H,17,19)/t11-,13+/m1/s1. The molecule has 1 aromatic carbocycles. The van der Waals surface area contributed by atoms with E-state index < -0.39 is 6.10 Å². The Labute approximate surface area is 120 Å². The molecule has 5 nitrogen and oxygen atoms in total. The number of nitrogens with two attached hydrogens (primary N) is 1. The van der Waals surface area contributed by atoms with Crippen LogP contribution in [0.3, 0.4) is 0 Å². The van der Waals surface area contributed by atoms with Crippen LogP contribution in [0.2, 0.25) is 0 Å². The number of nitrogens with zero attached hydrogens (tertiary/aromatic N) is 1. The van der Waals surface area contributed by atoms with E-state index in [0.29, 0.717) is 17.2 Å². The molecule has 1 aromatic heterocycles. The summed E-state index contributed by atoms with van der Waals surface area (Å²) in [5, 5.41) is 15.2. The quantitative estimate of drug-likeness (QED) is 0.788. The molecule has 0 spiro atoms. The summed E-state index contributed by atoms with van der Waals surface area (Å²) in [7, 11) is 0. The molecular weight excluding hydrogens is 274 g/mol. The average molecular weight is 289 g/mol. The number of thiazole rings is 1. The molecule has 1 amide bonds. The van der Waals surface area contributed by atoms with E-state index in [-0.39, 0.29) is 18.4 Å². The molecule has 0 saturated carbocycles. The van der Waals surface area contributed by atoms with Gasteiger partial charge in [-0.2, -0.15) is 0 Å². The monoisotopic (exact) mass is 289 g/mol. The molecule has 2 aromatic rings. The highest BCUT2D eigenvalue weighted by Crippen LogP contribution is 2.31. The second-order valence-electron chi connectivity index (χ2n) is 4.87. The molecule has 4 N–H and O–H groups in total. The highest BCUT2D eigenvalue weighted by atomic mass is 32.1. The summed E-state index contributed by atoms with van der Waals surface area (Å²) in [6.45, 7) is 0. The third-order valence-electron chi connectivity index (χ3n) is 3.43. The Balaban J connectivity index is 1.70. The predicted octanol–water partition coefficient (Wildman–Crippen LogP) is 1.04. The number of rotatable bonds is 3. The first-order chi connectivity index (χ1) is 9.63. The van der Waals surface area contributed by atoms with Gasteiger partial charge in [-0.15, -0.1) is 11.3 Å². The number of amides is 1. The van der Waals surface area contributed by atoms with E-state index in [9.17, 15) is 9.90 Å². The topological polar surface area (TPSA) is 88.2 Å². The van der Waals surface area contributed by atoms with Crippen LogP contribution in [0.5, 0.6) is 0 Å². The van der Waals surface area contributed by atoms with E-state index in [0.717, 1.165) is 11.1 Å². The number of aliphatic hydroxyl groups is 1. The van der Waals surface area contributed by atoms with Crippen LogP contribution >= 0.6 is 11.3 Å². The molecule has 0 radical (unpaired) electrons. The van der Waals surface area contributed by atoms with Crippen molar-refractivity contribution in [3.8, 4) is 0 Å². The highest BCUT2D eigenvalue weighted by molar-refractivity contribution is 7.13. The fourth-order valence-corrected chi connectivity index (χ4v) is 3.10. The van der Waals surface area contributed by atoms with Crippen LogP contribution in [-0.2, 0) is 17.6 Å². The third-order valence-corrected chi connectivity index (χ3v) is 4.15. The maximum Gasteiger partial charge on any atom is 0.226 e. The van der Waals surface area contributed by atoms with Gasteiger partial charge in [0.1, 0.15) is 0 Å². The zero-order valence-corrected chi connectivity index (χ0v) is 11.6. The van der Waals surface area contributed by atoms with Gasteiger partial charge in [0.25, 0.3) is 0 Å². The molecule has 3 rings (SSSR count).